The van der Waals surface area contributed by atoms with Gasteiger partial charge in [-0.15, -0.1) is 0 Å². The summed E-state index contributed by atoms with van der Waals surface area (Å²) in [5.41, 5.74) is 0. The van der Waals surface area contributed by atoms with Gasteiger partial charge in [0.15, 0.2) is 6.10 Å². The first kappa shape index (κ1) is 50.4. The van der Waals surface area contributed by atoms with E-state index in [4.69, 9.17) is 14.2 Å². The zero-order valence-electron chi connectivity index (χ0n) is 35.1. The number of unbranched alkanes of at least 4 members (excludes halogenated alkanes) is 31. The second kappa shape index (κ2) is 42.2. The number of carbonyl (C=O) groups is 3. The molecule has 0 radical (unpaired) electrons. The Balaban J connectivity index is 4.26. The van der Waals surface area contributed by atoms with Crippen LogP contribution in [-0.4, -0.2) is 37.2 Å². The molecule has 6 nitrogen and oxygen atoms in total. The van der Waals surface area contributed by atoms with Crippen molar-refractivity contribution in [3.63, 3.8) is 0 Å². The van der Waals surface area contributed by atoms with E-state index in [9.17, 15) is 14.4 Å². The van der Waals surface area contributed by atoms with E-state index in [1.165, 1.54) is 161 Å². The molecule has 0 aliphatic rings. The number of rotatable bonds is 42. The molecule has 0 spiro atoms. The normalized spacial score (nSPS) is 11.8. The van der Waals surface area contributed by atoms with Gasteiger partial charge in [0, 0.05) is 19.3 Å². The fraction of sp³-hybridized carbons (Fsp3) is 0.935. The molecule has 0 aromatic carbocycles. The summed E-state index contributed by atoms with van der Waals surface area (Å²) >= 11 is 0. The third kappa shape index (κ3) is 39.6. The van der Waals surface area contributed by atoms with Crippen LogP contribution in [0.4, 0.5) is 0 Å². The molecule has 0 aromatic rings. The number of esters is 3. The summed E-state index contributed by atoms with van der Waals surface area (Å²) in [5, 5.41) is 0. The van der Waals surface area contributed by atoms with E-state index in [2.05, 4.69) is 20.8 Å². The predicted molar refractivity (Wildman–Crippen MR) is 220 cm³/mol. The molecule has 0 saturated heterocycles. The van der Waals surface area contributed by atoms with Crippen molar-refractivity contribution in [1.82, 2.24) is 0 Å². The molecule has 0 heterocycles. The van der Waals surface area contributed by atoms with Crippen molar-refractivity contribution in [2.45, 2.75) is 264 Å². The van der Waals surface area contributed by atoms with Crippen molar-refractivity contribution < 1.29 is 28.6 Å². The Morgan fingerprint density at radius 1 is 0.308 bits per heavy atom. The number of hydrogen-bond donors (Lipinski definition) is 0. The maximum atomic E-state index is 12.7. The second-order valence-corrected chi connectivity index (χ2v) is 15.7. The molecule has 0 N–H and O–H groups in total. The first-order chi connectivity index (χ1) is 25.5. The van der Waals surface area contributed by atoms with E-state index in [1.54, 1.807) is 0 Å². The van der Waals surface area contributed by atoms with Crippen LogP contribution in [0.15, 0.2) is 0 Å². The van der Waals surface area contributed by atoms with E-state index in [0.717, 1.165) is 57.8 Å². The molecule has 308 valence electrons. The van der Waals surface area contributed by atoms with E-state index in [0.29, 0.717) is 19.3 Å². The second-order valence-electron chi connectivity index (χ2n) is 15.7. The molecule has 0 aliphatic heterocycles. The van der Waals surface area contributed by atoms with Crippen LogP contribution >= 0.6 is 0 Å². The van der Waals surface area contributed by atoms with Gasteiger partial charge < -0.3 is 14.2 Å². The molecule has 0 saturated carbocycles. The van der Waals surface area contributed by atoms with Crippen LogP contribution in [0.2, 0.25) is 0 Å². The van der Waals surface area contributed by atoms with E-state index >= 15 is 0 Å². The Bertz CT molecular complexity index is 768. The molecule has 0 amide bonds. The third-order valence-electron chi connectivity index (χ3n) is 10.4. The molecular formula is C46H88O6. The fourth-order valence-corrected chi connectivity index (χ4v) is 6.85. The van der Waals surface area contributed by atoms with Gasteiger partial charge in [-0.3, -0.25) is 14.4 Å². The predicted octanol–water partition coefficient (Wildman–Crippen LogP) is 14.5. The summed E-state index contributed by atoms with van der Waals surface area (Å²) in [6.45, 7) is 6.63. The van der Waals surface area contributed by atoms with Gasteiger partial charge in [-0.2, -0.15) is 0 Å². The van der Waals surface area contributed by atoms with Crippen molar-refractivity contribution in [3.8, 4) is 0 Å². The zero-order chi connectivity index (χ0) is 38.0. The number of carbonyl (C=O) groups excluding carboxylic acids is 3. The molecule has 0 fully saturated rings. The molecule has 52 heavy (non-hydrogen) atoms. The van der Waals surface area contributed by atoms with Gasteiger partial charge in [-0.1, -0.05) is 220 Å². The Morgan fingerprint density at radius 2 is 0.519 bits per heavy atom. The summed E-state index contributed by atoms with van der Waals surface area (Å²) < 4.78 is 16.7. The maximum Gasteiger partial charge on any atom is 0.306 e. The van der Waals surface area contributed by atoms with E-state index < -0.39 is 6.10 Å². The van der Waals surface area contributed by atoms with E-state index in [-0.39, 0.29) is 31.1 Å². The van der Waals surface area contributed by atoms with Crippen LogP contribution in [0.25, 0.3) is 0 Å². The van der Waals surface area contributed by atoms with E-state index in [1.807, 2.05) is 0 Å². The third-order valence-corrected chi connectivity index (χ3v) is 10.4. The molecular weight excluding hydrogens is 648 g/mol. The number of ether oxygens (including phenoxy) is 3. The SMILES string of the molecule is CCCCCCCCCCCCCCCCCC(=O)OCC(COC(=O)CCCCCCCCCCC)OC(=O)CCCCCCCCCCCC. The van der Waals surface area contributed by atoms with Gasteiger partial charge in [0.25, 0.3) is 0 Å². The highest BCUT2D eigenvalue weighted by atomic mass is 16.6. The number of hydrogen-bond acceptors (Lipinski definition) is 6. The lowest BCUT2D eigenvalue weighted by Crippen LogP contribution is -2.30. The lowest BCUT2D eigenvalue weighted by Gasteiger charge is -2.18. The summed E-state index contributed by atoms with van der Waals surface area (Å²) in [5.74, 6) is -0.854. The first-order valence-electron chi connectivity index (χ1n) is 23.0. The van der Waals surface area contributed by atoms with Crippen molar-refractivity contribution >= 4 is 17.9 Å². The van der Waals surface area contributed by atoms with Gasteiger partial charge in [-0.05, 0) is 19.3 Å². The minimum absolute atomic E-state index is 0.0628. The van der Waals surface area contributed by atoms with Crippen LogP contribution in [-0.2, 0) is 28.6 Å². The van der Waals surface area contributed by atoms with Gasteiger partial charge in [0.05, 0.1) is 0 Å². The van der Waals surface area contributed by atoms with Gasteiger partial charge in [0.1, 0.15) is 13.2 Å². The highest BCUT2D eigenvalue weighted by molar-refractivity contribution is 5.71. The highest BCUT2D eigenvalue weighted by Gasteiger charge is 2.19. The highest BCUT2D eigenvalue weighted by Crippen LogP contribution is 2.16. The van der Waals surface area contributed by atoms with Crippen LogP contribution in [0.1, 0.15) is 258 Å². The average molecular weight is 737 g/mol. The lowest BCUT2D eigenvalue weighted by atomic mass is 10.0. The molecule has 1 atom stereocenters. The topological polar surface area (TPSA) is 78.9 Å². The Labute approximate surface area is 323 Å². The van der Waals surface area contributed by atoms with Gasteiger partial charge in [0.2, 0.25) is 0 Å². The first-order valence-corrected chi connectivity index (χ1v) is 23.0. The van der Waals surface area contributed by atoms with Crippen LogP contribution in [0.5, 0.6) is 0 Å². The maximum absolute atomic E-state index is 12.7. The smallest absolute Gasteiger partial charge is 0.306 e. The van der Waals surface area contributed by atoms with Crippen molar-refractivity contribution in [2.24, 2.45) is 0 Å². The summed E-state index contributed by atoms with van der Waals surface area (Å²) in [4.78, 5) is 37.6. The molecule has 1 unspecified atom stereocenters. The summed E-state index contributed by atoms with van der Waals surface area (Å²) in [6, 6.07) is 0. The average Bonchev–Trinajstić information content (AvgIpc) is 3.14. The standard InChI is InChI=1S/C46H88O6/c1-4-7-10-13-16-19-21-22-23-24-25-28-30-33-36-39-45(48)51-42-43(41-50-44(47)38-35-32-29-26-18-15-12-9-6-3)52-46(49)40-37-34-31-27-20-17-14-11-8-5-2/h43H,4-42H2,1-3H3. The zero-order valence-corrected chi connectivity index (χ0v) is 35.1. The van der Waals surface area contributed by atoms with Crippen LogP contribution in [0, 0.1) is 0 Å². The Kier molecular flexibility index (Phi) is 40.9. The molecule has 0 aromatic heterocycles. The quantitative estimate of drug-likeness (QED) is 0.0353. The summed E-state index contributed by atoms with van der Waals surface area (Å²) in [7, 11) is 0. The van der Waals surface area contributed by atoms with Crippen LogP contribution in [0.3, 0.4) is 0 Å². The fourth-order valence-electron chi connectivity index (χ4n) is 6.85. The molecule has 6 heteroatoms. The van der Waals surface area contributed by atoms with Crippen molar-refractivity contribution in [1.29, 1.82) is 0 Å². The minimum Gasteiger partial charge on any atom is -0.462 e. The summed E-state index contributed by atoms with van der Waals surface area (Å²) in [6.07, 6.45) is 42.3. The molecule has 0 bridgehead atoms. The molecule has 0 aliphatic carbocycles. The molecule has 0 rings (SSSR count). The van der Waals surface area contributed by atoms with Gasteiger partial charge in [-0.25, -0.2) is 0 Å². The van der Waals surface area contributed by atoms with Crippen molar-refractivity contribution in [3.05, 3.63) is 0 Å². The van der Waals surface area contributed by atoms with Crippen LogP contribution < -0.4 is 0 Å². The van der Waals surface area contributed by atoms with Gasteiger partial charge >= 0.3 is 17.9 Å². The Morgan fingerprint density at radius 3 is 0.769 bits per heavy atom. The minimum atomic E-state index is -0.757. The van der Waals surface area contributed by atoms with Crippen molar-refractivity contribution in [2.75, 3.05) is 13.2 Å². The monoisotopic (exact) mass is 737 g/mol. The largest absolute Gasteiger partial charge is 0.462 e. The lowest BCUT2D eigenvalue weighted by molar-refractivity contribution is -0.167. The Hall–Kier alpha value is -1.59.